The summed E-state index contributed by atoms with van der Waals surface area (Å²) in [6.45, 7) is 4.39. The molecule has 0 aromatic carbocycles. The summed E-state index contributed by atoms with van der Waals surface area (Å²) in [5.74, 6) is 0.00401. The van der Waals surface area contributed by atoms with E-state index in [1.54, 1.807) is 6.08 Å². The number of aryl methyl sites for hydroxylation is 1. The van der Waals surface area contributed by atoms with Crippen molar-refractivity contribution >= 4 is 30.6 Å². The van der Waals surface area contributed by atoms with Crippen molar-refractivity contribution in [3.63, 3.8) is 0 Å². The smallest absolute Gasteiger partial charge is 0.333 e. The molecule has 0 aliphatic rings. The van der Waals surface area contributed by atoms with E-state index in [0.29, 0.717) is 31.7 Å². The second-order valence-corrected chi connectivity index (χ2v) is 4.41. The maximum absolute atomic E-state index is 11.6. The molecule has 0 unspecified atom stereocenters. The third-order valence-corrected chi connectivity index (χ3v) is 2.75. The molecule has 3 N–H and O–H groups in total. The van der Waals surface area contributed by atoms with Crippen LogP contribution in [0.5, 0.6) is 0 Å². The van der Waals surface area contributed by atoms with E-state index in [0.717, 1.165) is 10.7 Å². The summed E-state index contributed by atoms with van der Waals surface area (Å²) < 4.78 is 1.07. The number of carbonyl (C=O) groups is 2. The van der Waals surface area contributed by atoms with Gasteiger partial charge in [0.15, 0.2) is 5.82 Å². The lowest BCUT2D eigenvalue weighted by atomic mass is 10.2. The molecule has 0 aliphatic carbocycles. The first-order valence-corrected chi connectivity index (χ1v) is 6.50. The lowest BCUT2D eigenvalue weighted by Crippen LogP contribution is -2.34. The summed E-state index contributed by atoms with van der Waals surface area (Å²) in [7, 11) is 0. The van der Waals surface area contributed by atoms with Gasteiger partial charge in [0.2, 0.25) is 5.91 Å². The summed E-state index contributed by atoms with van der Waals surface area (Å²) in [5, 5.41) is 10.7. The van der Waals surface area contributed by atoms with Crippen molar-refractivity contribution in [1.29, 1.82) is 0 Å². The third-order valence-electron chi connectivity index (χ3n) is 2.36. The number of nitrogens with zero attached hydrogens (tertiary/aromatic N) is 4. The molecule has 1 rings (SSSR count). The number of aromatic nitrogens is 3. The molecular weight excluding hydrogens is 280 g/mol. The number of rotatable bonds is 8. The van der Waals surface area contributed by atoms with Crippen LogP contribution in [0.15, 0.2) is 18.9 Å². The summed E-state index contributed by atoms with van der Waals surface area (Å²) in [6.07, 6.45) is 4.75. The molecule has 1 heterocycles. The van der Waals surface area contributed by atoms with Gasteiger partial charge in [0.05, 0.1) is 12.7 Å². The molecule has 0 saturated carbocycles. The van der Waals surface area contributed by atoms with E-state index in [2.05, 4.69) is 34.9 Å². The van der Waals surface area contributed by atoms with Gasteiger partial charge in [-0.3, -0.25) is 4.79 Å². The van der Waals surface area contributed by atoms with Gasteiger partial charge in [0.25, 0.3) is 0 Å². The minimum Gasteiger partial charge on any atom is -0.370 e. The number of primary amides is 1. The van der Waals surface area contributed by atoms with Gasteiger partial charge < -0.3 is 11.1 Å². The minimum absolute atomic E-state index is 0.320. The fraction of sp³-hybridized carbons (Fsp3) is 0.455. The fourth-order valence-corrected chi connectivity index (χ4v) is 1.55. The fourth-order valence-electron chi connectivity index (χ4n) is 1.38. The molecule has 0 saturated heterocycles. The van der Waals surface area contributed by atoms with Crippen molar-refractivity contribution in [2.24, 2.45) is 5.73 Å². The van der Waals surface area contributed by atoms with Crippen molar-refractivity contribution in [2.75, 3.05) is 10.8 Å². The van der Waals surface area contributed by atoms with E-state index in [9.17, 15) is 9.59 Å². The molecule has 0 bridgehead atoms. The number of amides is 3. The van der Waals surface area contributed by atoms with Gasteiger partial charge in [-0.25, -0.2) is 9.10 Å². The molecular formula is C11H18N6O2S. The van der Waals surface area contributed by atoms with E-state index >= 15 is 0 Å². The summed E-state index contributed by atoms with van der Waals surface area (Å²) in [5.41, 5.74) is 5.04. The van der Waals surface area contributed by atoms with Gasteiger partial charge in [0.1, 0.15) is 0 Å². The van der Waals surface area contributed by atoms with Gasteiger partial charge in [-0.05, 0) is 12.8 Å². The van der Waals surface area contributed by atoms with Crippen LogP contribution < -0.4 is 15.4 Å². The summed E-state index contributed by atoms with van der Waals surface area (Å²) in [6, 6.07) is -0.408. The topological polar surface area (TPSA) is 106 Å². The van der Waals surface area contributed by atoms with Crippen LogP contribution in [-0.2, 0) is 11.3 Å². The Hall–Kier alpha value is -2.03. The molecule has 0 atom stereocenters. The van der Waals surface area contributed by atoms with Crippen molar-refractivity contribution in [3.05, 3.63) is 18.9 Å². The van der Waals surface area contributed by atoms with E-state index in [-0.39, 0.29) is 5.91 Å². The molecule has 1 aromatic rings. The van der Waals surface area contributed by atoms with Crippen molar-refractivity contribution in [2.45, 2.75) is 25.8 Å². The van der Waals surface area contributed by atoms with Crippen LogP contribution in [0.1, 0.15) is 19.3 Å². The number of urea groups is 1. The Morgan fingerprint density at radius 2 is 2.30 bits per heavy atom. The Bertz CT molecular complexity index is 475. The zero-order valence-corrected chi connectivity index (χ0v) is 11.9. The minimum atomic E-state index is -0.408. The van der Waals surface area contributed by atoms with E-state index in [4.69, 9.17) is 5.73 Å². The molecule has 9 heteroatoms. The van der Waals surface area contributed by atoms with E-state index in [1.807, 2.05) is 0 Å². The van der Waals surface area contributed by atoms with Crippen LogP contribution in [0, 0.1) is 0 Å². The Balaban J connectivity index is 2.43. The van der Waals surface area contributed by atoms with E-state index in [1.165, 1.54) is 11.0 Å². The first kappa shape index (κ1) is 16.0. The summed E-state index contributed by atoms with van der Waals surface area (Å²) >= 11 is 4.05. The van der Waals surface area contributed by atoms with Gasteiger partial charge >= 0.3 is 6.03 Å². The van der Waals surface area contributed by atoms with Crippen LogP contribution in [0.25, 0.3) is 0 Å². The second kappa shape index (κ2) is 8.20. The molecule has 0 aliphatic heterocycles. The molecule has 0 radical (unpaired) electrons. The lowest BCUT2D eigenvalue weighted by Gasteiger charge is -2.11. The number of hydrogen-bond acceptors (Lipinski definition) is 5. The van der Waals surface area contributed by atoms with Gasteiger partial charge in [-0.15, -0.1) is 11.7 Å². The Morgan fingerprint density at radius 1 is 1.55 bits per heavy atom. The maximum Gasteiger partial charge on any atom is 0.333 e. The molecule has 0 spiro atoms. The van der Waals surface area contributed by atoms with Crippen LogP contribution in [-0.4, -0.2) is 33.5 Å². The molecule has 0 fully saturated rings. The second-order valence-electron chi connectivity index (χ2n) is 4.01. The molecule has 1 aromatic heterocycles. The number of unbranched alkanes of at least 4 members (excludes halogenated alkanes) is 1. The first-order valence-electron chi connectivity index (χ1n) is 6.10. The molecule has 20 heavy (non-hydrogen) atoms. The number of hydrogen-bond donors (Lipinski definition) is 3. The highest BCUT2D eigenvalue weighted by molar-refractivity contribution is 7.82. The number of nitrogens with two attached hydrogens (primary N) is 1. The van der Waals surface area contributed by atoms with Gasteiger partial charge in [0, 0.05) is 13.0 Å². The maximum atomic E-state index is 11.6. The lowest BCUT2D eigenvalue weighted by molar-refractivity contribution is -0.118. The van der Waals surface area contributed by atoms with E-state index < -0.39 is 6.03 Å². The van der Waals surface area contributed by atoms with Crippen LogP contribution >= 0.6 is 12.8 Å². The zero-order valence-electron chi connectivity index (χ0n) is 11.0. The highest BCUT2D eigenvalue weighted by Crippen LogP contribution is 2.11. The largest absolute Gasteiger partial charge is 0.370 e. The zero-order chi connectivity index (χ0) is 15.0. The van der Waals surface area contributed by atoms with Crippen LogP contribution in [0.2, 0.25) is 0 Å². The van der Waals surface area contributed by atoms with Crippen molar-refractivity contribution in [3.8, 4) is 0 Å². The highest BCUT2D eigenvalue weighted by atomic mass is 32.1. The highest BCUT2D eigenvalue weighted by Gasteiger charge is 2.14. The van der Waals surface area contributed by atoms with Crippen molar-refractivity contribution < 1.29 is 9.59 Å². The quantitative estimate of drug-likeness (QED) is 0.369. The molecule has 110 valence electrons. The number of anilines is 1. The monoisotopic (exact) mass is 298 g/mol. The Labute approximate surface area is 122 Å². The predicted molar refractivity (Wildman–Crippen MR) is 78.1 cm³/mol. The Kier molecular flexibility index (Phi) is 6.57. The number of thiol groups is 1. The summed E-state index contributed by atoms with van der Waals surface area (Å²) in [4.78, 5) is 23.6. The van der Waals surface area contributed by atoms with Crippen molar-refractivity contribution in [1.82, 2.24) is 20.3 Å². The predicted octanol–water partition coefficient (Wildman–Crippen LogP) is 0.480. The van der Waals surface area contributed by atoms with Crippen LogP contribution in [0.3, 0.4) is 0 Å². The number of carbonyl (C=O) groups excluding carboxylic acids is 2. The molecule has 3 amide bonds. The third kappa shape index (κ3) is 5.31. The average Bonchev–Trinajstić information content (AvgIpc) is 2.88. The normalized spacial score (nSPS) is 10.1. The molecule has 8 nitrogen and oxygen atoms in total. The van der Waals surface area contributed by atoms with Crippen LogP contribution in [0.4, 0.5) is 10.6 Å². The number of nitrogens with one attached hydrogen (secondary N) is 1. The standard InChI is InChI=1S/C11H18N6O2S/c1-2-6-13-11(19)17(20)10-8-14-16(15-10)7-4-3-5-9(12)18/h2,8,20H,1,3-7H2,(H2,12,18)(H,13,19). The first-order chi connectivity index (χ1) is 9.54. The average molecular weight is 298 g/mol. The van der Waals surface area contributed by atoms with Gasteiger partial charge in [-0.1, -0.05) is 18.9 Å². The SMILES string of the molecule is C=CCNC(=O)N(S)c1cnn(CCCCC(N)=O)n1. The van der Waals surface area contributed by atoms with Gasteiger partial charge in [-0.2, -0.15) is 9.90 Å². The Morgan fingerprint density at radius 3 is 2.95 bits per heavy atom.